The Morgan fingerprint density at radius 3 is 1.30 bits per heavy atom. The van der Waals surface area contributed by atoms with Gasteiger partial charge >= 0.3 is 11.9 Å². The van der Waals surface area contributed by atoms with Gasteiger partial charge in [-0.2, -0.15) is 0 Å². The summed E-state index contributed by atoms with van der Waals surface area (Å²) in [5, 5.41) is 22.6. The lowest BCUT2D eigenvalue weighted by atomic mass is 9.75. The van der Waals surface area contributed by atoms with Crippen LogP contribution in [0.1, 0.15) is 225 Å². The predicted octanol–water partition coefficient (Wildman–Crippen LogP) is 12.4. The number of nitrogens with one attached hydrogen (secondary N) is 2. The molecule has 0 aliphatic carbocycles. The molecule has 0 aromatic heterocycles. The van der Waals surface area contributed by atoms with Crippen LogP contribution in [0.15, 0.2) is 36.4 Å². The van der Waals surface area contributed by atoms with Crippen LogP contribution in [-0.2, 0) is 80.6 Å². The number of phenolic OH excluding ortho intramolecular Hbond substituents is 2. The SMILES string of the molecule is CC(C)(C)c1cc(CCC(=O)OCCCCCCOC(=O)CCCC(C)(C)c2cc(CCC(=O)NNC(=O)CCc3cc(C(C)(C)C)c4c(c3)C(C)(C)O4)cc(C(C)(C)C)c2O)cc(C(C)(C)C)c1O. The third-order valence-corrected chi connectivity index (χ3v) is 13.4. The van der Waals surface area contributed by atoms with Crippen molar-refractivity contribution in [1.29, 1.82) is 0 Å². The molecule has 0 radical (unpaired) electrons. The van der Waals surface area contributed by atoms with Crippen LogP contribution in [0.25, 0.3) is 0 Å². The molecule has 1 heterocycles. The average Bonchev–Trinajstić information content (AvgIpc) is 3.23. The predicted molar refractivity (Wildman–Crippen MR) is 280 cm³/mol. The minimum atomic E-state index is -0.479. The Morgan fingerprint density at radius 2 is 0.871 bits per heavy atom. The highest BCUT2D eigenvalue weighted by atomic mass is 16.5. The number of aryl methyl sites for hydroxylation is 3. The van der Waals surface area contributed by atoms with Gasteiger partial charge in [-0.1, -0.05) is 127 Å². The average molecular weight is 969 g/mol. The fraction of sp³-hybridized carbons (Fsp3) is 0.627. The van der Waals surface area contributed by atoms with E-state index in [-0.39, 0.29) is 82.4 Å². The molecule has 0 spiro atoms. The number of hydrogen-bond acceptors (Lipinski definition) is 9. The van der Waals surface area contributed by atoms with E-state index in [2.05, 4.69) is 99.1 Å². The van der Waals surface area contributed by atoms with Crippen molar-refractivity contribution in [2.75, 3.05) is 13.2 Å². The van der Waals surface area contributed by atoms with Gasteiger partial charge in [0.25, 0.3) is 0 Å². The van der Waals surface area contributed by atoms with Crippen molar-refractivity contribution in [3.8, 4) is 17.2 Å². The van der Waals surface area contributed by atoms with Crippen LogP contribution >= 0.6 is 0 Å². The van der Waals surface area contributed by atoms with Gasteiger partial charge in [-0.15, -0.1) is 0 Å². The van der Waals surface area contributed by atoms with Crippen molar-refractivity contribution >= 4 is 23.8 Å². The summed E-state index contributed by atoms with van der Waals surface area (Å²) >= 11 is 0. The van der Waals surface area contributed by atoms with Crippen LogP contribution in [0.2, 0.25) is 0 Å². The second-order valence-electron chi connectivity index (χ2n) is 24.9. The molecular weight excluding hydrogens is 881 g/mol. The first-order valence-corrected chi connectivity index (χ1v) is 25.7. The van der Waals surface area contributed by atoms with Crippen LogP contribution in [0.3, 0.4) is 0 Å². The standard InChI is InChI=1S/C59H88N2O9/c1-54(2,3)41-33-40(34-42(51(41)66)55(4,5)6)25-28-50(65)69-31-20-18-17-19-30-68-49(64)22-21-29-58(13,14)44-35-38(32-43(52(44)67)56(7,8)9)23-26-47(62)60-61-48(63)27-24-39-36-45(57(10,11)12)53-46(37-39)59(15,16)70-53/h32-37,66-67H,17-31H2,1-16H3,(H,60,62)(H,61,63). The molecule has 1 aliphatic heterocycles. The molecule has 11 nitrogen and oxygen atoms in total. The third-order valence-electron chi connectivity index (χ3n) is 13.4. The van der Waals surface area contributed by atoms with Gasteiger partial charge in [0.15, 0.2) is 0 Å². The van der Waals surface area contributed by atoms with Crippen LogP contribution in [0.5, 0.6) is 17.2 Å². The van der Waals surface area contributed by atoms with E-state index in [9.17, 15) is 29.4 Å². The molecule has 3 aromatic carbocycles. The van der Waals surface area contributed by atoms with E-state index in [4.69, 9.17) is 14.2 Å². The number of rotatable bonds is 21. The number of ether oxygens (including phenoxy) is 3. The lowest BCUT2D eigenvalue weighted by Crippen LogP contribution is -2.41. The quantitative estimate of drug-likeness (QED) is 0.0463. The first-order valence-electron chi connectivity index (χ1n) is 25.7. The minimum absolute atomic E-state index is 0.106. The normalized spacial score (nSPS) is 13.7. The van der Waals surface area contributed by atoms with Crippen LogP contribution in [0, 0.1) is 0 Å². The highest BCUT2D eigenvalue weighted by Gasteiger charge is 2.41. The molecule has 2 amide bonds. The summed E-state index contributed by atoms with van der Waals surface area (Å²) in [5.41, 5.74) is 12.0. The number of esters is 2. The van der Waals surface area contributed by atoms with Gasteiger partial charge in [0.2, 0.25) is 11.8 Å². The van der Waals surface area contributed by atoms with Gasteiger partial charge in [-0.25, -0.2) is 0 Å². The van der Waals surface area contributed by atoms with Crippen molar-refractivity contribution in [1.82, 2.24) is 10.9 Å². The molecule has 0 unspecified atom stereocenters. The maximum absolute atomic E-state index is 13.0. The molecule has 0 atom stereocenters. The Bertz CT molecular complexity index is 2300. The number of benzene rings is 3. The molecule has 0 saturated heterocycles. The van der Waals surface area contributed by atoms with Crippen LogP contribution in [0.4, 0.5) is 0 Å². The Balaban J connectivity index is 1.16. The molecule has 1 aliphatic rings. The first-order chi connectivity index (χ1) is 32.2. The number of amides is 2. The molecule has 3 aromatic rings. The molecular formula is C59H88N2O9. The summed E-state index contributed by atoms with van der Waals surface area (Å²) < 4.78 is 17.2. The maximum atomic E-state index is 13.0. The van der Waals surface area contributed by atoms with Crippen molar-refractivity contribution < 1.29 is 43.6 Å². The first kappa shape index (κ1) is 57.5. The fourth-order valence-corrected chi connectivity index (χ4v) is 9.03. The number of aromatic hydroxyl groups is 2. The van der Waals surface area contributed by atoms with Gasteiger partial charge in [0.1, 0.15) is 22.8 Å². The van der Waals surface area contributed by atoms with E-state index in [0.29, 0.717) is 51.1 Å². The summed E-state index contributed by atoms with van der Waals surface area (Å²) in [5.74, 6) is 0.430. The second-order valence-corrected chi connectivity index (χ2v) is 24.9. The third kappa shape index (κ3) is 16.2. The topological polar surface area (TPSA) is 160 Å². The molecule has 0 fully saturated rings. The van der Waals surface area contributed by atoms with Crippen molar-refractivity contribution in [2.24, 2.45) is 0 Å². The molecule has 70 heavy (non-hydrogen) atoms. The molecule has 388 valence electrons. The minimum Gasteiger partial charge on any atom is -0.507 e. The van der Waals surface area contributed by atoms with Gasteiger partial charge < -0.3 is 24.4 Å². The second kappa shape index (κ2) is 23.0. The van der Waals surface area contributed by atoms with E-state index in [1.807, 2.05) is 58.9 Å². The summed E-state index contributed by atoms with van der Waals surface area (Å²) in [7, 11) is 0. The lowest BCUT2D eigenvalue weighted by Gasteiger charge is -2.42. The van der Waals surface area contributed by atoms with Crippen LogP contribution < -0.4 is 15.6 Å². The monoisotopic (exact) mass is 969 g/mol. The number of fused-ring (bicyclic) bond motifs is 1. The summed E-state index contributed by atoms with van der Waals surface area (Å²) in [4.78, 5) is 51.1. The molecule has 0 saturated carbocycles. The molecule has 4 rings (SSSR count). The van der Waals surface area contributed by atoms with Crippen molar-refractivity contribution in [3.05, 3.63) is 86.5 Å². The summed E-state index contributed by atoms with van der Waals surface area (Å²) in [6, 6.07) is 12.2. The van der Waals surface area contributed by atoms with E-state index < -0.39 is 5.41 Å². The maximum Gasteiger partial charge on any atom is 0.306 e. The number of carbonyl (C=O) groups is 4. The number of unbranched alkanes of at least 4 members (excludes halogenated alkanes) is 3. The Labute approximate surface area is 420 Å². The van der Waals surface area contributed by atoms with Gasteiger partial charge in [-0.05, 0) is 138 Å². The Morgan fingerprint density at radius 1 is 0.500 bits per heavy atom. The van der Waals surface area contributed by atoms with Gasteiger partial charge in [0.05, 0.1) is 13.2 Å². The van der Waals surface area contributed by atoms with E-state index >= 15 is 0 Å². The number of hydrogen-bond donors (Lipinski definition) is 4. The smallest absolute Gasteiger partial charge is 0.306 e. The van der Waals surface area contributed by atoms with Gasteiger partial charge in [-0.3, -0.25) is 30.0 Å². The molecule has 4 N–H and O–H groups in total. The zero-order valence-electron chi connectivity index (χ0n) is 45.8. The Hall–Kier alpha value is -5.06. The molecule has 0 bridgehead atoms. The van der Waals surface area contributed by atoms with Gasteiger partial charge in [0, 0.05) is 42.4 Å². The summed E-state index contributed by atoms with van der Waals surface area (Å²) in [6.45, 7) is 33.9. The lowest BCUT2D eigenvalue weighted by molar-refractivity contribution is -0.145. The van der Waals surface area contributed by atoms with Crippen molar-refractivity contribution in [3.63, 3.8) is 0 Å². The highest BCUT2D eigenvalue weighted by molar-refractivity contribution is 5.82. The van der Waals surface area contributed by atoms with E-state index in [1.165, 1.54) is 0 Å². The zero-order valence-corrected chi connectivity index (χ0v) is 45.8. The largest absolute Gasteiger partial charge is 0.507 e. The van der Waals surface area contributed by atoms with Crippen molar-refractivity contribution in [2.45, 2.75) is 227 Å². The van der Waals surface area contributed by atoms with E-state index in [1.54, 1.807) is 0 Å². The number of phenols is 2. The highest BCUT2D eigenvalue weighted by Crippen LogP contribution is 2.50. The van der Waals surface area contributed by atoms with Crippen LogP contribution in [-0.4, -0.2) is 47.2 Å². The van der Waals surface area contributed by atoms with E-state index in [0.717, 1.165) is 81.5 Å². The zero-order chi connectivity index (χ0) is 52.6. The fourth-order valence-electron chi connectivity index (χ4n) is 9.03. The number of hydrazine groups is 1. The summed E-state index contributed by atoms with van der Waals surface area (Å²) in [6.07, 6.45) is 6.75. The Kier molecular flexibility index (Phi) is 18.9. The number of carbonyl (C=O) groups excluding carboxylic acids is 4. The molecule has 11 heteroatoms.